The van der Waals surface area contributed by atoms with Gasteiger partial charge in [-0.2, -0.15) is 0 Å². The summed E-state index contributed by atoms with van der Waals surface area (Å²) in [5.41, 5.74) is 0.342. The molecule has 2 rings (SSSR count). The highest BCUT2D eigenvalue weighted by Crippen LogP contribution is 2.22. The summed E-state index contributed by atoms with van der Waals surface area (Å²) in [7, 11) is 3.37. The van der Waals surface area contributed by atoms with E-state index in [1.54, 1.807) is 37.6 Å². The third-order valence-corrected chi connectivity index (χ3v) is 3.99. The predicted molar refractivity (Wildman–Crippen MR) is 79.4 cm³/mol. The molecule has 0 saturated heterocycles. The topological polar surface area (TPSA) is 58.1 Å². The molecule has 2 aromatic heterocycles. The second-order valence-electron chi connectivity index (χ2n) is 4.06. The number of hydrogen-bond donors (Lipinski definition) is 1. The quantitative estimate of drug-likeness (QED) is 0.929. The van der Waals surface area contributed by atoms with Gasteiger partial charge < -0.3 is 10.2 Å². The van der Waals surface area contributed by atoms with Crippen LogP contribution in [0.1, 0.15) is 15.4 Å². The van der Waals surface area contributed by atoms with Crippen molar-refractivity contribution in [1.82, 2.24) is 15.1 Å². The summed E-state index contributed by atoms with van der Waals surface area (Å²) in [5.74, 6) is 0.501. The number of rotatable bonds is 4. The van der Waals surface area contributed by atoms with Gasteiger partial charge in [-0.1, -0.05) is 0 Å². The van der Waals surface area contributed by atoms with Gasteiger partial charge in [0.25, 0.3) is 5.91 Å². The second-order valence-corrected chi connectivity index (χ2v) is 6.61. The molecule has 0 aromatic carbocycles. The van der Waals surface area contributed by atoms with Gasteiger partial charge in [0, 0.05) is 19.0 Å². The van der Waals surface area contributed by atoms with Gasteiger partial charge in [0.05, 0.1) is 10.3 Å². The number of amides is 1. The number of aromatic nitrogens is 2. The molecule has 0 fully saturated rings. The largest absolute Gasteiger partial charge is 0.364 e. The lowest BCUT2D eigenvalue weighted by molar-refractivity contribution is 0.0821. The van der Waals surface area contributed by atoms with E-state index in [1.807, 2.05) is 12.1 Å². The van der Waals surface area contributed by atoms with Crippen LogP contribution in [0.15, 0.2) is 28.1 Å². The molecule has 0 unspecified atom stereocenters. The molecule has 19 heavy (non-hydrogen) atoms. The van der Waals surface area contributed by atoms with Gasteiger partial charge in [-0.25, -0.2) is 0 Å². The maximum atomic E-state index is 11.6. The van der Waals surface area contributed by atoms with Crippen LogP contribution in [0.3, 0.4) is 0 Å². The highest BCUT2D eigenvalue weighted by molar-refractivity contribution is 9.11. The third-order valence-electron chi connectivity index (χ3n) is 2.36. The average molecular weight is 341 g/mol. The molecule has 1 N–H and O–H groups in total. The highest BCUT2D eigenvalue weighted by Gasteiger charge is 2.09. The monoisotopic (exact) mass is 340 g/mol. The summed E-state index contributed by atoms with van der Waals surface area (Å²) in [6.07, 6.45) is 0. The first-order valence-electron chi connectivity index (χ1n) is 5.60. The number of thiophene rings is 1. The Balaban J connectivity index is 1.97. The Morgan fingerprint density at radius 3 is 2.63 bits per heavy atom. The Morgan fingerprint density at radius 2 is 2.11 bits per heavy atom. The van der Waals surface area contributed by atoms with Gasteiger partial charge in [-0.05, 0) is 40.2 Å². The van der Waals surface area contributed by atoms with E-state index in [0.717, 1.165) is 3.79 Å². The van der Waals surface area contributed by atoms with Crippen LogP contribution in [0.5, 0.6) is 0 Å². The molecule has 2 aromatic rings. The van der Waals surface area contributed by atoms with Gasteiger partial charge in [0.15, 0.2) is 5.69 Å². The number of anilines is 1. The lowest BCUT2D eigenvalue weighted by Crippen LogP contribution is -2.23. The predicted octanol–water partition coefficient (Wildman–Crippen LogP) is 2.61. The SMILES string of the molecule is CN(C)C(=O)c1ccc(NCc2ccc(Br)s2)nn1. The van der Waals surface area contributed by atoms with Crippen LogP contribution in [-0.4, -0.2) is 35.1 Å². The molecule has 0 bridgehead atoms. The molecule has 2 heterocycles. The fraction of sp³-hybridized carbons (Fsp3) is 0.250. The Morgan fingerprint density at radius 1 is 1.32 bits per heavy atom. The molecule has 0 radical (unpaired) electrons. The molecule has 0 aliphatic heterocycles. The van der Waals surface area contributed by atoms with E-state index in [-0.39, 0.29) is 5.91 Å². The molecule has 0 spiro atoms. The van der Waals surface area contributed by atoms with Gasteiger partial charge in [-0.3, -0.25) is 4.79 Å². The van der Waals surface area contributed by atoms with Crippen LogP contribution in [0.2, 0.25) is 0 Å². The van der Waals surface area contributed by atoms with Gasteiger partial charge >= 0.3 is 0 Å². The van der Waals surface area contributed by atoms with E-state index in [9.17, 15) is 4.79 Å². The normalized spacial score (nSPS) is 10.3. The van der Waals surface area contributed by atoms with Crippen LogP contribution in [0.25, 0.3) is 0 Å². The fourth-order valence-corrected chi connectivity index (χ4v) is 2.82. The number of carbonyl (C=O) groups excluding carboxylic acids is 1. The molecule has 5 nitrogen and oxygen atoms in total. The zero-order valence-electron chi connectivity index (χ0n) is 10.6. The summed E-state index contributed by atoms with van der Waals surface area (Å²) < 4.78 is 1.10. The maximum Gasteiger partial charge on any atom is 0.273 e. The van der Waals surface area contributed by atoms with Crippen LogP contribution < -0.4 is 5.32 Å². The number of hydrogen-bond acceptors (Lipinski definition) is 5. The van der Waals surface area contributed by atoms with Crippen LogP contribution in [0.4, 0.5) is 5.82 Å². The van der Waals surface area contributed by atoms with Crippen molar-refractivity contribution in [3.8, 4) is 0 Å². The first-order chi connectivity index (χ1) is 9.06. The van der Waals surface area contributed by atoms with E-state index in [4.69, 9.17) is 0 Å². The minimum atomic E-state index is -0.152. The van der Waals surface area contributed by atoms with Gasteiger partial charge in [0.2, 0.25) is 0 Å². The second kappa shape index (κ2) is 6.12. The van der Waals surface area contributed by atoms with Crippen molar-refractivity contribution in [3.63, 3.8) is 0 Å². The summed E-state index contributed by atoms with van der Waals surface area (Å²) in [4.78, 5) is 14.3. The smallest absolute Gasteiger partial charge is 0.273 e. The molecule has 0 aliphatic rings. The minimum Gasteiger partial charge on any atom is -0.364 e. The molecular formula is C12H13BrN4OS. The van der Waals surface area contributed by atoms with Crippen molar-refractivity contribution in [1.29, 1.82) is 0 Å². The number of halogens is 1. The molecule has 7 heteroatoms. The Labute approximate surface area is 123 Å². The first-order valence-corrected chi connectivity index (χ1v) is 7.20. The van der Waals surface area contributed by atoms with Crippen LogP contribution in [-0.2, 0) is 6.54 Å². The van der Waals surface area contributed by atoms with E-state index >= 15 is 0 Å². The zero-order valence-corrected chi connectivity index (χ0v) is 13.0. The summed E-state index contributed by atoms with van der Waals surface area (Å²) >= 11 is 5.08. The van der Waals surface area contributed by atoms with Crippen molar-refractivity contribution in [2.45, 2.75) is 6.54 Å². The van der Waals surface area contributed by atoms with E-state index in [0.29, 0.717) is 18.1 Å². The number of nitrogens with one attached hydrogen (secondary N) is 1. The average Bonchev–Trinajstić information content (AvgIpc) is 2.82. The van der Waals surface area contributed by atoms with E-state index < -0.39 is 0 Å². The first kappa shape index (κ1) is 14.0. The summed E-state index contributed by atoms with van der Waals surface area (Å²) in [6.45, 7) is 0.686. The summed E-state index contributed by atoms with van der Waals surface area (Å²) in [5, 5.41) is 11.1. The van der Waals surface area contributed by atoms with Crippen molar-refractivity contribution in [2.24, 2.45) is 0 Å². The molecule has 0 atom stereocenters. The standard InChI is InChI=1S/C12H13BrN4OS/c1-17(2)12(18)9-4-6-11(16-15-9)14-7-8-3-5-10(13)19-8/h3-6H,7H2,1-2H3,(H,14,16). The van der Waals surface area contributed by atoms with Crippen molar-refractivity contribution >= 4 is 39.0 Å². The zero-order chi connectivity index (χ0) is 13.8. The van der Waals surface area contributed by atoms with Gasteiger partial charge in [0.1, 0.15) is 5.82 Å². The van der Waals surface area contributed by atoms with Gasteiger partial charge in [-0.15, -0.1) is 21.5 Å². The molecule has 0 saturated carbocycles. The Kier molecular flexibility index (Phi) is 4.49. The Bertz CT molecular complexity index is 567. The van der Waals surface area contributed by atoms with E-state index in [1.165, 1.54) is 9.78 Å². The Hall–Kier alpha value is -1.47. The van der Waals surface area contributed by atoms with Crippen molar-refractivity contribution < 1.29 is 4.79 Å². The van der Waals surface area contributed by atoms with Crippen LogP contribution >= 0.6 is 27.3 Å². The molecule has 1 amide bonds. The fourth-order valence-electron chi connectivity index (χ4n) is 1.39. The van der Waals surface area contributed by atoms with Crippen LogP contribution in [0, 0.1) is 0 Å². The lowest BCUT2D eigenvalue weighted by atomic mass is 10.3. The molecular weight excluding hydrogens is 328 g/mol. The molecule has 0 aliphatic carbocycles. The van der Waals surface area contributed by atoms with E-state index in [2.05, 4.69) is 31.4 Å². The van der Waals surface area contributed by atoms with Crippen molar-refractivity contribution in [2.75, 3.05) is 19.4 Å². The third kappa shape index (κ3) is 3.74. The highest BCUT2D eigenvalue weighted by atomic mass is 79.9. The minimum absolute atomic E-state index is 0.152. The van der Waals surface area contributed by atoms with Crippen molar-refractivity contribution in [3.05, 3.63) is 38.6 Å². The molecule has 100 valence electrons. The maximum absolute atomic E-state index is 11.6. The number of nitrogens with zero attached hydrogens (tertiary/aromatic N) is 3. The summed E-state index contributed by atoms with van der Waals surface area (Å²) in [6, 6.07) is 7.47. The number of carbonyl (C=O) groups is 1. The lowest BCUT2D eigenvalue weighted by Gasteiger charge is -2.09.